The van der Waals surface area contributed by atoms with Crippen LogP contribution < -0.4 is 0 Å². The maximum Gasteiger partial charge on any atom is 0.0866 e. The van der Waals surface area contributed by atoms with Crippen molar-refractivity contribution in [1.82, 2.24) is 0 Å². The third kappa shape index (κ3) is 2.83. The fraction of sp³-hybridized carbons (Fsp3) is 0.136. The van der Waals surface area contributed by atoms with Crippen molar-refractivity contribution in [2.75, 3.05) is 0 Å². The molecule has 0 aromatic heterocycles. The van der Waals surface area contributed by atoms with Crippen LogP contribution in [0.3, 0.4) is 0 Å². The van der Waals surface area contributed by atoms with Gasteiger partial charge < -0.3 is 0 Å². The summed E-state index contributed by atoms with van der Waals surface area (Å²) in [6.45, 7) is 0. The first-order chi connectivity index (χ1) is 11.4. The Balaban J connectivity index is 1.83. The largest absolute Gasteiger partial charge is 0.273 e. The molecule has 1 nitrogen and oxygen atoms in total. The Kier molecular flexibility index (Phi) is 3.55. The highest BCUT2D eigenvalue weighted by molar-refractivity contribution is 6.13. The summed E-state index contributed by atoms with van der Waals surface area (Å²) in [5, 5.41) is 0. The van der Waals surface area contributed by atoms with E-state index in [1.807, 2.05) is 0 Å². The Morgan fingerprint density at radius 2 is 1.04 bits per heavy atom. The number of aliphatic imine (C=N–C) groups is 1. The molecular formula is C22H19N. The molecule has 3 aromatic carbocycles. The molecule has 4 rings (SSSR count). The van der Waals surface area contributed by atoms with Crippen molar-refractivity contribution < 1.29 is 0 Å². The lowest BCUT2D eigenvalue weighted by atomic mass is 10.00. The van der Waals surface area contributed by atoms with Gasteiger partial charge in [-0.05, 0) is 18.4 Å². The number of rotatable bonds is 4. The standard InChI is InChI=1S/C22H19N/c1-4-10-18(11-5-1)21(19-12-6-2-7-13-19)23-22(16-17-22)20-14-8-3-9-15-20/h1-15H,16-17H2. The van der Waals surface area contributed by atoms with Crippen molar-refractivity contribution in [2.24, 2.45) is 4.99 Å². The average molecular weight is 297 g/mol. The number of hydrogen-bond acceptors (Lipinski definition) is 1. The van der Waals surface area contributed by atoms with E-state index in [9.17, 15) is 0 Å². The molecule has 23 heavy (non-hydrogen) atoms. The van der Waals surface area contributed by atoms with Crippen molar-refractivity contribution in [2.45, 2.75) is 18.4 Å². The van der Waals surface area contributed by atoms with E-state index in [2.05, 4.69) is 91.0 Å². The van der Waals surface area contributed by atoms with Crippen LogP contribution in [-0.2, 0) is 5.54 Å². The van der Waals surface area contributed by atoms with Gasteiger partial charge in [0, 0.05) is 11.1 Å². The maximum atomic E-state index is 5.25. The van der Waals surface area contributed by atoms with Gasteiger partial charge in [0.15, 0.2) is 0 Å². The molecule has 1 fully saturated rings. The predicted molar refractivity (Wildman–Crippen MR) is 95.9 cm³/mol. The monoisotopic (exact) mass is 297 g/mol. The Hall–Kier alpha value is -2.67. The summed E-state index contributed by atoms with van der Waals surface area (Å²) in [6, 6.07) is 31.7. The van der Waals surface area contributed by atoms with E-state index in [1.54, 1.807) is 0 Å². The van der Waals surface area contributed by atoms with Gasteiger partial charge in [-0.25, -0.2) is 0 Å². The van der Waals surface area contributed by atoms with Crippen molar-refractivity contribution >= 4 is 5.71 Å². The van der Waals surface area contributed by atoms with Crippen molar-refractivity contribution in [3.05, 3.63) is 108 Å². The Morgan fingerprint density at radius 1 is 0.609 bits per heavy atom. The molecule has 112 valence electrons. The smallest absolute Gasteiger partial charge is 0.0866 e. The lowest BCUT2D eigenvalue weighted by Crippen LogP contribution is -2.11. The van der Waals surface area contributed by atoms with Gasteiger partial charge >= 0.3 is 0 Å². The summed E-state index contributed by atoms with van der Waals surface area (Å²) in [4.78, 5) is 5.25. The number of nitrogens with zero attached hydrogens (tertiary/aromatic N) is 1. The average Bonchev–Trinajstić information content (AvgIpc) is 3.43. The summed E-state index contributed by atoms with van der Waals surface area (Å²) in [6.07, 6.45) is 2.25. The molecule has 0 unspecified atom stereocenters. The summed E-state index contributed by atoms with van der Waals surface area (Å²) < 4.78 is 0. The van der Waals surface area contributed by atoms with Crippen LogP contribution >= 0.6 is 0 Å². The quantitative estimate of drug-likeness (QED) is 0.586. The van der Waals surface area contributed by atoms with E-state index in [0.717, 1.165) is 18.6 Å². The third-order valence-electron chi connectivity index (χ3n) is 4.46. The zero-order valence-electron chi connectivity index (χ0n) is 13.0. The Bertz CT molecular complexity index is 759. The van der Waals surface area contributed by atoms with E-state index in [-0.39, 0.29) is 5.54 Å². The van der Waals surface area contributed by atoms with E-state index < -0.39 is 0 Å². The van der Waals surface area contributed by atoms with Gasteiger partial charge in [-0.1, -0.05) is 91.0 Å². The highest BCUT2D eigenvalue weighted by Crippen LogP contribution is 2.50. The zero-order chi connectivity index (χ0) is 15.5. The highest BCUT2D eigenvalue weighted by atomic mass is 14.9. The van der Waals surface area contributed by atoms with Crippen molar-refractivity contribution in [3.8, 4) is 0 Å². The van der Waals surface area contributed by atoms with Crippen LogP contribution in [0.15, 0.2) is 96.0 Å². The molecule has 3 aromatic rings. The summed E-state index contributed by atoms with van der Waals surface area (Å²) in [5.74, 6) is 0. The highest BCUT2D eigenvalue weighted by Gasteiger charge is 2.44. The predicted octanol–water partition coefficient (Wildman–Crippen LogP) is 5.21. The summed E-state index contributed by atoms with van der Waals surface area (Å²) in [7, 11) is 0. The molecular weight excluding hydrogens is 278 g/mol. The van der Waals surface area contributed by atoms with Crippen LogP contribution in [0.1, 0.15) is 29.5 Å². The first-order valence-corrected chi connectivity index (χ1v) is 8.14. The van der Waals surface area contributed by atoms with Crippen LogP contribution in [0, 0.1) is 0 Å². The molecule has 0 aliphatic heterocycles. The molecule has 0 saturated heterocycles. The molecule has 0 atom stereocenters. The molecule has 0 N–H and O–H groups in total. The molecule has 0 bridgehead atoms. The minimum atomic E-state index is -0.0394. The normalized spacial score (nSPS) is 15.0. The first-order valence-electron chi connectivity index (χ1n) is 8.14. The SMILES string of the molecule is c1ccc(C(=NC2(c3ccccc3)CC2)c2ccccc2)cc1. The third-order valence-corrected chi connectivity index (χ3v) is 4.46. The summed E-state index contributed by atoms with van der Waals surface area (Å²) in [5.41, 5.74) is 4.74. The second-order valence-electron chi connectivity index (χ2n) is 6.09. The zero-order valence-corrected chi connectivity index (χ0v) is 13.0. The van der Waals surface area contributed by atoms with Crippen LogP contribution in [0.4, 0.5) is 0 Å². The lowest BCUT2D eigenvalue weighted by molar-refractivity contribution is 0.744. The second-order valence-corrected chi connectivity index (χ2v) is 6.09. The van der Waals surface area contributed by atoms with Gasteiger partial charge in [0.2, 0.25) is 0 Å². The molecule has 0 radical (unpaired) electrons. The van der Waals surface area contributed by atoms with Gasteiger partial charge in [0.25, 0.3) is 0 Å². The second kappa shape index (κ2) is 5.85. The van der Waals surface area contributed by atoms with Crippen LogP contribution in [0.5, 0.6) is 0 Å². The van der Waals surface area contributed by atoms with Crippen molar-refractivity contribution in [3.63, 3.8) is 0 Å². The van der Waals surface area contributed by atoms with Crippen LogP contribution in [-0.4, -0.2) is 5.71 Å². The molecule has 0 amide bonds. The number of benzene rings is 3. The Morgan fingerprint density at radius 3 is 1.48 bits per heavy atom. The van der Waals surface area contributed by atoms with E-state index >= 15 is 0 Å². The first kappa shape index (κ1) is 14.0. The van der Waals surface area contributed by atoms with Crippen LogP contribution in [0.2, 0.25) is 0 Å². The van der Waals surface area contributed by atoms with Gasteiger partial charge in [-0.3, -0.25) is 4.99 Å². The Labute approximate surface area is 137 Å². The van der Waals surface area contributed by atoms with Gasteiger partial charge in [0.05, 0.1) is 11.3 Å². The van der Waals surface area contributed by atoms with Gasteiger partial charge in [-0.15, -0.1) is 0 Å². The molecule has 1 aliphatic rings. The maximum absolute atomic E-state index is 5.25. The van der Waals surface area contributed by atoms with Crippen molar-refractivity contribution in [1.29, 1.82) is 0 Å². The lowest BCUT2D eigenvalue weighted by Gasteiger charge is -2.15. The van der Waals surface area contributed by atoms with Gasteiger partial charge in [-0.2, -0.15) is 0 Å². The van der Waals surface area contributed by atoms with E-state index in [0.29, 0.717) is 0 Å². The molecule has 0 spiro atoms. The van der Waals surface area contributed by atoms with E-state index in [1.165, 1.54) is 16.7 Å². The van der Waals surface area contributed by atoms with E-state index in [4.69, 9.17) is 4.99 Å². The topological polar surface area (TPSA) is 12.4 Å². The van der Waals surface area contributed by atoms with Crippen LogP contribution in [0.25, 0.3) is 0 Å². The fourth-order valence-corrected chi connectivity index (χ4v) is 3.03. The fourth-order valence-electron chi connectivity index (χ4n) is 3.03. The minimum absolute atomic E-state index is 0.0394. The molecule has 1 saturated carbocycles. The molecule has 0 heterocycles. The van der Waals surface area contributed by atoms with Gasteiger partial charge in [0.1, 0.15) is 0 Å². The molecule has 1 heteroatoms. The minimum Gasteiger partial charge on any atom is -0.273 e. The molecule has 1 aliphatic carbocycles. The number of hydrogen-bond donors (Lipinski definition) is 0. The summed E-state index contributed by atoms with van der Waals surface area (Å²) >= 11 is 0.